The molecular weight excluding hydrogens is 261 g/mol. The Morgan fingerprint density at radius 1 is 1.47 bits per heavy atom. The van der Waals surface area contributed by atoms with Crippen LogP contribution < -0.4 is 10.6 Å². The van der Waals surface area contributed by atoms with E-state index >= 15 is 0 Å². The Hall–Kier alpha value is -0.0300. The Morgan fingerprint density at radius 3 is 2.59 bits per heavy atom. The minimum atomic E-state index is 0. The van der Waals surface area contributed by atoms with Crippen LogP contribution in [0.4, 0.5) is 0 Å². The zero-order chi connectivity index (χ0) is 11.3. The first-order valence-electron chi connectivity index (χ1n) is 5.76. The molecule has 0 spiro atoms. The number of hydrogen-bond acceptors (Lipinski definition) is 3. The number of likely N-dealkylation sites (N-methyl/N-ethyl adjacent to an activating group) is 1. The number of halogens is 2. The van der Waals surface area contributed by atoms with Crippen molar-refractivity contribution in [1.82, 2.24) is 15.5 Å². The Balaban J connectivity index is 0. The highest BCUT2D eigenvalue weighted by molar-refractivity contribution is 5.85. The number of amides is 1. The van der Waals surface area contributed by atoms with Gasteiger partial charge in [-0.15, -0.1) is 24.8 Å². The Kier molecular flexibility index (Phi) is 11.3. The third kappa shape index (κ3) is 7.09. The molecule has 1 heterocycles. The van der Waals surface area contributed by atoms with Crippen LogP contribution in [0.3, 0.4) is 0 Å². The van der Waals surface area contributed by atoms with E-state index in [4.69, 9.17) is 0 Å². The Morgan fingerprint density at radius 2 is 2.12 bits per heavy atom. The van der Waals surface area contributed by atoms with Crippen molar-refractivity contribution >= 4 is 30.7 Å². The summed E-state index contributed by atoms with van der Waals surface area (Å²) >= 11 is 0. The van der Waals surface area contributed by atoms with Gasteiger partial charge < -0.3 is 15.5 Å². The number of piperidine rings is 1. The van der Waals surface area contributed by atoms with E-state index in [9.17, 15) is 4.79 Å². The average Bonchev–Trinajstić information content (AvgIpc) is 2.26. The van der Waals surface area contributed by atoms with E-state index in [-0.39, 0.29) is 36.6 Å². The van der Waals surface area contributed by atoms with E-state index in [2.05, 4.69) is 22.5 Å². The Labute approximate surface area is 117 Å². The zero-order valence-electron chi connectivity index (χ0n) is 10.9. The van der Waals surface area contributed by atoms with Crippen molar-refractivity contribution < 1.29 is 4.79 Å². The normalized spacial score (nSPS) is 21.1. The first-order valence-corrected chi connectivity index (χ1v) is 5.76. The predicted molar refractivity (Wildman–Crippen MR) is 76.2 cm³/mol. The summed E-state index contributed by atoms with van der Waals surface area (Å²) in [7, 11) is 4.05. The van der Waals surface area contributed by atoms with E-state index in [0.717, 1.165) is 32.5 Å². The van der Waals surface area contributed by atoms with Gasteiger partial charge in [0.2, 0.25) is 5.91 Å². The zero-order valence-corrected chi connectivity index (χ0v) is 12.5. The fourth-order valence-electron chi connectivity index (χ4n) is 1.65. The summed E-state index contributed by atoms with van der Waals surface area (Å²) in [6.07, 6.45) is 2.14. The van der Waals surface area contributed by atoms with Crippen molar-refractivity contribution in [2.75, 3.05) is 33.7 Å². The molecule has 0 saturated carbocycles. The summed E-state index contributed by atoms with van der Waals surface area (Å²) in [5.41, 5.74) is 0. The fraction of sp³-hybridized carbons (Fsp3) is 0.909. The highest BCUT2D eigenvalue weighted by Crippen LogP contribution is 2.09. The van der Waals surface area contributed by atoms with Gasteiger partial charge in [-0.3, -0.25) is 4.79 Å². The maximum absolute atomic E-state index is 11.8. The van der Waals surface area contributed by atoms with Crippen molar-refractivity contribution in [2.24, 2.45) is 5.92 Å². The number of rotatable bonds is 4. The van der Waals surface area contributed by atoms with E-state index in [1.165, 1.54) is 0 Å². The lowest BCUT2D eigenvalue weighted by atomic mass is 9.99. The number of hydrogen-bond donors (Lipinski definition) is 2. The molecule has 1 unspecified atom stereocenters. The quantitative estimate of drug-likeness (QED) is 0.807. The monoisotopic (exact) mass is 285 g/mol. The molecule has 1 fully saturated rings. The topological polar surface area (TPSA) is 44.4 Å². The molecule has 17 heavy (non-hydrogen) atoms. The molecule has 1 rings (SSSR count). The average molecular weight is 286 g/mol. The number of nitrogens with zero attached hydrogens (tertiary/aromatic N) is 1. The number of carbonyl (C=O) groups is 1. The largest absolute Gasteiger partial charge is 0.354 e. The molecule has 0 aromatic heterocycles. The standard InChI is InChI=1S/C11H23N3O.2ClH/c1-9(14(2)3)7-13-11(15)10-5-4-6-12-8-10;;/h9-10,12H,4-8H2,1-3H3,(H,13,15);2*1H/t9?,10-;;/m1../s1. The molecule has 0 radical (unpaired) electrons. The van der Waals surface area contributed by atoms with Crippen LogP contribution in [-0.2, 0) is 4.79 Å². The SMILES string of the molecule is CC(CNC(=O)[C@@H]1CCCNC1)N(C)C.Cl.Cl. The van der Waals surface area contributed by atoms with Gasteiger partial charge in [-0.25, -0.2) is 0 Å². The highest BCUT2D eigenvalue weighted by Gasteiger charge is 2.20. The minimum absolute atomic E-state index is 0. The van der Waals surface area contributed by atoms with E-state index in [0.29, 0.717) is 6.04 Å². The van der Waals surface area contributed by atoms with Crippen LogP contribution in [0.15, 0.2) is 0 Å². The maximum atomic E-state index is 11.8. The number of carbonyl (C=O) groups excluding carboxylic acids is 1. The summed E-state index contributed by atoms with van der Waals surface area (Å²) in [6, 6.07) is 0.394. The summed E-state index contributed by atoms with van der Waals surface area (Å²) in [4.78, 5) is 13.9. The summed E-state index contributed by atoms with van der Waals surface area (Å²) < 4.78 is 0. The second kappa shape index (κ2) is 9.95. The van der Waals surface area contributed by atoms with Gasteiger partial charge in [0.25, 0.3) is 0 Å². The van der Waals surface area contributed by atoms with Gasteiger partial charge in [0.1, 0.15) is 0 Å². The van der Waals surface area contributed by atoms with Crippen molar-refractivity contribution in [1.29, 1.82) is 0 Å². The van der Waals surface area contributed by atoms with Crippen LogP contribution in [0.25, 0.3) is 0 Å². The van der Waals surface area contributed by atoms with Crippen molar-refractivity contribution in [3.8, 4) is 0 Å². The van der Waals surface area contributed by atoms with Crippen molar-refractivity contribution in [3.05, 3.63) is 0 Å². The lowest BCUT2D eigenvalue weighted by molar-refractivity contribution is -0.125. The molecule has 0 bridgehead atoms. The molecule has 0 aromatic carbocycles. The molecule has 104 valence electrons. The van der Waals surface area contributed by atoms with Gasteiger partial charge in [0.15, 0.2) is 0 Å². The smallest absolute Gasteiger partial charge is 0.224 e. The van der Waals surface area contributed by atoms with Crippen LogP contribution >= 0.6 is 24.8 Å². The molecule has 2 atom stereocenters. The van der Waals surface area contributed by atoms with Gasteiger partial charge in [0.05, 0.1) is 5.92 Å². The van der Waals surface area contributed by atoms with Crippen LogP contribution in [-0.4, -0.2) is 50.6 Å². The fourth-order valence-corrected chi connectivity index (χ4v) is 1.65. The van der Waals surface area contributed by atoms with Gasteiger partial charge >= 0.3 is 0 Å². The molecule has 1 amide bonds. The molecule has 6 heteroatoms. The lowest BCUT2D eigenvalue weighted by Gasteiger charge is -2.24. The van der Waals surface area contributed by atoms with Crippen molar-refractivity contribution in [3.63, 3.8) is 0 Å². The summed E-state index contributed by atoms with van der Waals surface area (Å²) in [6.45, 7) is 4.74. The molecular formula is C11H25Cl2N3O. The second-order valence-corrected chi connectivity index (χ2v) is 4.60. The van der Waals surface area contributed by atoms with Gasteiger partial charge in [-0.2, -0.15) is 0 Å². The van der Waals surface area contributed by atoms with Gasteiger partial charge in [-0.05, 0) is 40.4 Å². The highest BCUT2D eigenvalue weighted by atomic mass is 35.5. The molecule has 0 aliphatic carbocycles. The molecule has 2 N–H and O–H groups in total. The Bertz CT molecular complexity index is 209. The summed E-state index contributed by atoms with van der Waals surface area (Å²) in [5.74, 6) is 0.379. The maximum Gasteiger partial charge on any atom is 0.224 e. The molecule has 1 saturated heterocycles. The molecule has 4 nitrogen and oxygen atoms in total. The van der Waals surface area contributed by atoms with Crippen LogP contribution in [0.2, 0.25) is 0 Å². The molecule has 1 aliphatic rings. The van der Waals surface area contributed by atoms with Crippen LogP contribution in [0, 0.1) is 5.92 Å². The van der Waals surface area contributed by atoms with E-state index < -0.39 is 0 Å². The van der Waals surface area contributed by atoms with E-state index in [1.807, 2.05) is 14.1 Å². The predicted octanol–water partition coefficient (Wildman–Crippen LogP) is 0.896. The minimum Gasteiger partial charge on any atom is -0.354 e. The first kappa shape index (κ1) is 19.3. The van der Waals surface area contributed by atoms with Gasteiger partial charge in [0, 0.05) is 19.1 Å². The van der Waals surface area contributed by atoms with Crippen molar-refractivity contribution in [2.45, 2.75) is 25.8 Å². The third-order valence-corrected chi connectivity index (χ3v) is 3.12. The van der Waals surface area contributed by atoms with Crippen LogP contribution in [0.1, 0.15) is 19.8 Å². The second-order valence-electron chi connectivity index (χ2n) is 4.60. The number of nitrogens with one attached hydrogen (secondary N) is 2. The molecule has 0 aromatic rings. The molecule has 1 aliphatic heterocycles. The first-order chi connectivity index (χ1) is 7.11. The summed E-state index contributed by atoms with van der Waals surface area (Å²) in [5, 5.41) is 6.27. The lowest BCUT2D eigenvalue weighted by Crippen LogP contribution is -2.44. The van der Waals surface area contributed by atoms with Crippen LogP contribution in [0.5, 0.6) is 0 Å². The van der Waals surface area contributed by atoms with E-state index in [1.54, 1.807) is 0 Å². The van der Waals surface area contributed by atoms with Gasteiger partial charge in [-0.1, -0.05) is 0 Å². The third-order valence-electron chi connectivity index (χ3n) is 3.12.